The van der Waals surface area contributed by atoms with Crippen molar-refractivity contribution in [3.8, 4) is 11.1 Å². The Morgan fingerprint density at radius 3 is 2.46 bits per heavy atom. The summed E-state index contributed by atoms with van der Waals surface area (Å²) < 4.78 is 0. The maximum atomic E-state index is 13.4. The Balaban J connectivity index is 1.71. The van der Waals surface area contributed by atoms with Crippen molar-refractivity contribution in [3.63, 3.8) is 0 Å². The Labute approximate surface area is 205 Å². The van der Waals surface area contributed by atoms with Gasteiger partial charge in [-0.25, -0.2) is 0 Å². The molecule has 1 heterocycles. The van der Waals surface area contributed by atoms with E-state index in [2.05, 4.69) is 15.6 Å². The van der Waals surface area contributed by atoms with E-state index in [1.807, 2.05) is 50.2 Å². The number of aryl methyl sites for hydroxylation is 2. The number of hydrogen-bond donors (Lipinski definition) is 5. The molecule has 5 N–H and O–H groups in total. The summed E-state index contributed by atoms with van der Waals surface area (Å²) in [6.45, 7) is 3.74. The van der Waals surface area contributed by atoms with Gasteiger partial charge in [-0.1, -0.05) is 37.1 Å². The van der Waals surface area contributed by atoms with Crippen LogP contribution in [0.1, 0.15) is 64.0 Å². The number of nitrogens with one attached hydrogen (secondary N) is 4. The first-order valence-corrected chi connectivity index (χ1v) is 12.0. The van der Waals surface area contributed by atoms with Crippen molar-refractivity contribution in [1.82, 2.24) is 10.3 Å². The van der Waals surface area contributed by atoms with Crippen molar-refractivity contribution in [2.75, 3.05) is 5.32 Å². The molecule has 0 bridgehead atoms. The van der Waals surface area contributed by atoms with Crippen LogP contribution < -0.4 is 16.2 Å². The fourth-order valence-corrected chi connectivity index (χ4v) is 4.74. The number of hydrogen-bond acceptors (Lipinski definition) is 5. The van der Waals surface area contributed by atoms with Gasteiger partial charge in [0.1, 0.15) is 0 Å². The lowest BCUT2D eigenvalue weighted by Gasteiger charge is -2.20. The van der Waals surface area contributed by atoms with Crippen molar-refractivity contribution in [2.45, 2.75) is 58.7 Å². The molecule has 1 aliphatic rings. The maximum Gasteiger partial charge on any atom is 0.253 e. The van der Waals surface area contributed by atoms with Crippen LogP contribution in [0.5, 0.6) is 0 Å². The highest BCUT2D eigenvalue weighted by Crippen LogP contribution is 2.31. The summed E-state index contributed by atoms with van der Waals surface area (Å²) in [5, 5.41) is 23.9. The van der Waals surface area contributed by atoms with Gasteiger partial charge in [-0.05, 0) is 67.1 Å². The summed E-state index contributed by atoms with van der Waals surface area (Å²) in [5.41, 5.74) is 6.12. The van der Waals surface area contributed by atoms with E-state index in [0.29, 0.717) is 22.7 Å². The molecular formula is C28H32N4O3. The van der Waals surface area contributed by atoms with Crippen molar-refractivity contribution in [1.29, 1.82) is 5.41 Å². The molecule has 0 aliphatic heterocycles. The zero-order valence-corrected chi connectivity index (χ0v) is 20.2. The molecule has 0 saturated heterocycles. The van der Waals surface area contributed by atoms with Crippen LogP contribution in [0.2, 0.25) is 0 Å². The number of aromatic amines is 1. The van der Waals surface area contributed by atoms with Crippen LogP contribution in [0.15, 0.2) is 47.3 Å². The highest BCUT2D eigenvalue weighted by molar-refractivity contribution is 6.06. The largest absolute Gasteiger partial charge is 0.392 e. The number of carbonyl (C=O) groups is 1. The highest BCUT2D eigenvalue weighted by Gasteiger charge is 2.21. The van der Waals surface area contributed by atoms with Crippen LogP contribution >= 0.6 is 0 Å². The third-order valence-corrected chi connectivity index (χ3v) is 6.67. The van der Waals surface area contributed by atoms with Crippen molar-refractivity contribution in [3.05, 3.63) is 86.3 Å². The van der Waals surface area contributed by atoms with Gasteiger partial charge in [0.05, 0.1) is 12.2 Å². The number of pyridine rings is 1. The monoisotopic (exact) mass is 472 g/mol. The Kier molecular flexibility index (Phi) is 7.46. The fourth-order valence-electron chi connectivity index (χ4n) is 4.74. The number of aliphatic hydroxyl groups excluding tert-OH is 1. The van der Waals surface area contributed by atoms with Crippen LogP contribution in [0.4, 0.5) is 5.69 Å². The minimum absolute atomic E-state index is 0.0350. The van der Waals surface area contributed by atoms with E-state index in [4.69, 9.17) is 5.41 Å². The summed E-state index contributed by atoms with van der Waals surface area (Å²) in [6.07, 6.45) is 5.66. The molecule has 2 aromatic carbocycles. The minimum Gasteiger partial charge on any atom is -0.392 e. The molecule has 35 heavy (non-hydrogen) atoms. The van der Waals surface area contributed by atoms with E-state index in [9.17, 15) is 14.7 Å². The lowest BCUT2D eigenvalue weighted by atomic mass is 9.96. The molecule has 182 valence electrons. The third kappa shape index (κ3) is 5.52. The van der Waals surface area contributed by atoms with Crippen LogP contribution in [-0.2, 0) is 13.2 Å². The molecule has 0 atom stereocenters. The van der Waals surface area contributed by atoms with Gasteiger partial charge in [0.2, 0.25) is 0 Å². The van der Waals surface area contributed by atoms with Crippen molar-refractivity contribution >= 4 is 17.8 Å². The first kappa shape index (κ1) is 24.4. The van der Waals surface area contributed by atoms with Gasteiger partial charge in [-0.15, -0.1) is 0 Å². The molecule has 0 spiro atoms. The number of aromatic nitrogens is 1. The summed E-state index contributed by atoms with van der Waals surface area (Å²) in [6, 6.07) is 13.5. The van der Waals surface area contributed by atoms with E-state index in [0.717, 1.165) is 59.3 Å². The first-order chi connectivity index (χ1) is 16.9. The lowest BCUT2D eigenvalue weighted by molar-refractivity contribution is 0.0950. The number of carbonyl (C=O) groups excluding carboxylic acids is 1. The standard InChI is InChI=1S/C28H32N4O3/c1-17-11-18(2)31-28(35)25(17)15-30-27(34)23-12-21(20-9-7-19(16-33)8-10-20)13-26(24(23)14-29)32-22-5-3-4-6-22/h7-14,22,29,32-33H,3-6,15-16H2,1-2H3,(H,30,34)(H,31,35). The second kappa shape index (κ2) is 10.7. The number of benzene rings is 2. The summed E-state index contributed by atoms with van der Waals surface area (Å²) in [5.74, 6) is -0.342. The van der Waals surface area contributed by atoms with E-state index < -0.39 is 0 Å². The molecule has 7 heteroatoms. The Hall–Kier alpha value is -3.71. The van der Waals surface area contributed by atoms with Gasteiger partial charge < -0.3 is 26.1 Å². The van der Waals surface area contributed by atoms with Gasteiger partial charge in [0.15, 0.2) is 0 Å². The molecule has 1 aliphatic carbocycles. The zero-order chi connectivity index (χ0) is 24.9. The van der Waals surface area contributed by atoms with Crippen LogP contribution in [0.25, 0.3) is 11.1 Å². The number of H-pyrrole nitrogens is 1. The summed E-state index contributed by atoms with van der Waals surface area (Å²) >= 11 is 0. The van der Waals surface area contributed by atoms with Crippen LogP contribution in [-0.4, -0.2) is 28.3 Å². The summed E-state index contributed by atoms with van der Waals surface area (Å²) in [7, 11) is 0. The highest BCUT2D eigenvalue weighted by atomic mass is 16.3. The average molecular weight is 473 g/mol. The lowest BCUT2D eigenvalue weighted by Crippen LogP contribution is -2.29. The van der Waals surface area contributed by atoms with Gasteiger partial charge >= 0.3 is 0 Å². The molecule has 0 radical (unpaired) electrons. The molecule has 1 aromatic heterocycles. The maximum absolute atomic E-state index is 13.4. The molecule has 1 fully saturated rings. The number of aliphatic hydroxyl groups is 1. The van der Waals surface area contributed by atoms with E-state index in [1.54, 1.807) is 6.07 Å². The molecule has 0 unspecified atom stereocenters. The fraction of sp³-hybridized carbons (Fsp3) is 0.321. The van der Waals surface area contributed by atoms with E-state index >= 15 is 0 Å². The third-order valence-electron chi connectivity index (χ3n) is 6.67. The predicted molar refractivity (Wildman–Crippen MR) is 139 cm³/mol. The van der Waals surface area contributed by atoms with Gasteiger partial charge in [0, 0.05) is 41.3 Å². The molecule has 1 saturated carbocycles. The Morgan fingerprint density at radius 2 is 1.83 bits per heavy atom. The van der Waals surface area contributed by atoms with Gasteiger partial charge in [-0.2, -0.15) is 0 Å². The van der Waals surface area contributed by atoms with E-state index in [-0.39, 0.29) is 24.6 Å². The zero-order valence-electron chi connectivity index (χ0n) is 20.2. The number of rotatable bonds is 8. The molecular weight excluding hydrogens is 440 g/mol. The first-order valence-electron chi connectivity index (χ1n) is 12.0. The van der Waals surface area contributed by atoms with Crippen molar-refractivity contribution < 1.29 is 9.90 Å². The SMILES string of the molecule is Cc1cc(C)c(CNC(=O)c2cc(-c3ccc(CO)cc3)cc(NC3CCCC3)c2C=N)c(=O)[nH]1. The summed E-state index contributed by atoms with van der Waals surface area (Å²) in [4.78, 5) is 28.6. The van der Waals surface area contributed by atoms with Crippen LogP contribution in [0, 0.1) is 19.3 Å². The Morgan fingerprint density at radius 1 is 1.11 bits per heavy atom. The second-order valence-corrected chi connectivity index (χ2v) is 9.24. The van der Waals surface area contributed by atoms with Crippen molar-refractivity contribution in [2.24, 2.45) is 0 Å². The van der Waals surface area contributed by atoms with Gasteiger partial charge in [-0.3, -0.25) is 9.59 Å². The smallest absolute Gasteiger partial charge is 0.253 e. The second-order valence-electron chi connectivity index (χ2n) is 9.24. The minimum atomic E-state index is -0.342. The quantitative estimate of drug-likeness (QED) is 0.312. The molecule has 7 nitrogen and oxygen atoms in total. The van der Waals surface area contributed by atoms with Crippen LogP contribution in [0.3, 0.4) is 0 Å². The normalized spacial score (nSPS) is 13.6. The average Bonchev–Trinajstić information content (AvgIpc) is 3.36. The Bertz CT molecular complexity index is 1290. The van der Waals surface area contributed by atoms with Gasteiger partial charge in [0.25, 0.3) is 11.5 Å². The topological polar surface area (TPSA) is 118 Å². The molecule has 4 rings (SSSR count). The van der Waals surface area contributed by atoms with E-state index in [1.165, 1.54) is 6.21 Å². The molecule has 1 amide bonds. The number of amides is 1. The molecule has 3 aromatic rings. The predicted octanol–water partition coefficient (Wildman–Crippen LogP) is 4.43. The number of anilines is 1.